The van der Waals surface area contributed by atoms with Crippen molar-refractivity contribution in [2.24, 2.45) is 0 Å². The van der Waals surface area contributed by atoms with Crippen LogP contribution >= 0.6 is 0 Å². The highest BCUT2D eigenvalue weighted by molar-refractivity contribution is 5.67. The number of hydrogen-bond donors (Lipinski definition) is 0. The van der Waals surface area contributed by atoms with Crippen molar-refractivity contribution < 1.29 is 19.0 Å². The van der Waals surface area contributed by atoms with Crippen LogP contribution in [0.25, 0.3) is 0 Å². The number of carbonyl (C=O) groups excluding carboxylic acids is 1. The minimum atomic E-state index is -0.304. The van der Waals surface area contributed by atoms with Gasteiger partial charge in [0.15, 0.2) is 6.29 Å². The molecule has 2 aromatic carbocycles. The topological polar surface area (TPSA) is 48.0 Å². The van der Waals surface area contributed by atoms with Gasteiger partial charge in [0.05, 0.1) is 6.61 Å². The monoisotopic (exact) mass is 383 g/mol. The first kappa shape index (κ1) is 20.4. The Kier molecular flexibility index (Phi) is 8.34. The predicted octanol–water partition coefficient (Wildman–Crippen LogP) is 4.76. The first-order valence-electron chi connectivity index (χ1n) is 10.0. The predicted molar refractivity (Wildman–Crippen MR) is 108 cm³/mol. The molecule has 0 bridgehead atoms. The van der Waals surface area contributed by atoms with Gasteiger partial charge in [-0.1, -0.05) is 60.7 Å². The summed E-state index contributed by atoms with van der Waals surface area (Å²) in [6.07, 6.45) is 3.55. The second kappa shape index (κ2) is 11.5. The number of carbonyl (C=O) groups is 1. The van der Waals surface area contributed by atoms with Crippen molar-refractivity contribution in [2.75, 3.05) is 19.8 Å². The fourth-order valence-corrected chi connectivity index (χ4v) is 3.16. The van der Waals surface area contributed by atoms with Crippen LogP contribution in [0.5, 0.6) is 0 Å². The lowest BCUT2D eigenvalue weighted by molar-refractivity contribution is -0.163. The Hall–Kier alpha value is -2.37. The fraction of sp³-hybridized carbons (Fsp3) is 0.435. The van der Waals surface area contributed by atoms with E-state index in [1.165, 1.54) is 0 Å². The highest BCUT2D eigenvalue weighted by Gasteiger charge is 2.17. The minimum Gasteiger partial charge on any atom is -0.445 e. The molecular weight excluding hydrogens is 354 g/mol. The molecule has 0 radical (unpaired) electrons. The van der Waals surface area contributed by atoms with E-state index in [4.69, 9.17) is 14.2 Å². The summed E-state index contributed by atoms with van der Waals surface area (Å²) >= 11 is 0. The third-order valence-corrected chi connectivity index (χ3v) is 4.69. The van der Waals surface area contributed by atoms with Gasteiger partial charge in [-0.3, -0.25) is 0 Å². The van der Waals surface area contributed by atoms with Crippen molar-refractivity contribution in [3.63, 3.8) is 0 Å². The molecule has 5 nitrogen and oxygen atoms in total. The summed E-state index contributed by atoms with van der Waals surface area (Å²) < 4.78 is 16.9. The molecule has 1 aliphatic rings. The number of hydrogen-bond acceptors (Lipinski definition) is 4. The maximum absolute atomic E-state index is 12.7. The van der Waals surface area contributed by atoms with E-state index in [1.807, 2.05) is 60.7 Å². The third-order valence-electron chi connectivity index (χ3n) is 4.69. The number of rotatable bonds is 9. The van der Waals surface area contributed by atoms with Gasteiger partial charge in [0, 0.05) is 19.7 Å². The third kappa shape index (κ3) is 6.98. The molecule has 1 atom stereocenters. The van der Waals surface area contributed by atoms with Crippen molar-refractivity contribution >= 4 is 6.09 Å². The maximum Gasteiger partial charge on any atom is 0.410 e. The van der Waals surface area contributed by atoms with Gasteiger partial charge in [-0.05, 0) is 36.8 Å². The molecular formula is C23H29NO4. The van der Waals surface area contributed by atoms with Crippen molar-refractivity contribution in [2.45, 2.75) is 45.1 Å². The first-order chi connectivity index (χ1) is 13.8. The number of ether oxygens (including phenoxy) is 3. The fourth-order valence-electron chi connectivity index (χ4n) is 3.16. The molecule has 1 fully saturated rings. The van der Waals surface area contributed by atoms with Crippen molar-refractivity contribution in [1.82, 2.24) is 4.90 Å². The average Bonchev–Trinajstić information content (AvgIpc) is 2.76. The van der Waals surface area contributed by atoms with Crippen LogP contribution in [0, 0.1) is 0 Å². The van der Waals surface area contributed by atoms with Crippen LogP contribution in [0.1, 0.15) is 36.8 Å². The van der Waals surface area contributed by atoms with Gasteiger partial charge >= 0.3 is 6.09 Å². The largest absolute Gasteiger partial charge is 0.445 e. The summed E-state index contributed by atoms with van der Waals surface area (Å²) in [7, 11) is 0. The summed E-state index contributed by atoms with van der Waals surface area (Å²) in [6.45, 7) is 2.72. The molecule has 1 amide bonds. The molecule has 0 saturated carbocycles. The molecule has 0 aliphatic carbocycles. The molecule has 1 saturated heterocycles. The lowest BCUT2D eigenvalue weighted by Gasteiger charge is -2.25. The van der Waals surface area contributed by atoms with Gasteiger partial charge in [-0.25, -0.2) is 4.79 Å². The molecule has 1 heterocycles. The number of amides is 1. The lowest BCUT2D eigenvalue weighted by Crippen LogP contribution is -2.33. The second-order valence-corrected chi connectivity index (χ2v) is 6.97. The van der Waals surface area contributed by atoms with E-state index in [9.17, 15) is 4.79 Å². The Morgan fingerprint density at radius 1 is 1.00 bits per heavy atom. The van der Waals surface area contributed by atoms with E-state index in [0.29, 0.717) is 19.7 Å². The van der Waals surface area contributed by atoms with Crippen LogP contribution in [0.4, 0.5) is 4.79 Å². The highest BCUT2D eigenvalue weighted by Crippen LogP contribution is 2.14. The van der Waals surface area contributed by atoms with Gasteiger partial charge in [0.1, 0.15) is 6.61 Å². The molecule has 2 aromatic rings. The Morgan fingerprint density at radius 3 is 2.39 bits per heavy atom. The van der Waals surface area contributed by atoms with E-state index in [2.05, 4.69) is 0 Å². The summed E-state index contributed by atoms with van der Waals surface area (Å²) in [4.78, 5) is 14.4. The Labute approximate surface area is 167 Å². The second-order valence-electron chi connectivity index (χ2n) is 6.97. The summed E-state index contributed by atoms with van der Waals surface area (Å²) in [5, 5.41) is 0. The van der Waals surface area contributed by atoms with E-state index >= 15 is 0 Å². The van der Waals surface area contributed by atoms with Gasteiger partial charge in [0.2, 0.25) is 0 Å². The summed E-state index contributed by atoms with van der Waals surface area (Å²) in [6, 6.07) is 19.7. The van der Waals surface area contributed by atoms with Crippen LogP contribution < -0.4 is 0 Å². The van der Waals surface area contributed by atoms with E-state index < -0.39 is 0 Å². The van der Waals surface area contributed by atoms with Crippen molar-refractivity contribution in [1.29, 1.82) is 0 Å². The number of benzene rings is 2. The zero-order valence-electron chi connectivity index (χ0n) is 16.3. The molecule has 150 valence electrons. The lowest BCUT2D eigenvalue weighted by atomic mass is 10.2. The van der Waals surface area contributed by atoms with Gasteiger partial charge in [-0.15, -0.1) is 0 Å². The molecule has 28 heavy (non-hydrogen) atoms. The molecule has 5 heteroatoms. The standard InChI is InChI=1S/C23H29NO4/c25-23(28-19-21-12-5-2-6-13-21)24(18-20-10-3-1-4-11-20)15-9-17-27-22-14-7-8-16-26-22/h1-6,10-13,22H,7-9,14-19H2. The molecule has 0 aromatic heterocycles. The SMILES string of the molecule is O=C(OCc1ccccc1)N(CCCOC1CCCCO1)Cc1ccccc1. The molecule has 1 aliphatic heterocycles. The van der Waals surface area contributed by atoms with E-state index in [0.717, 1.165) is 43.4 Å². The zero-order chi connectivity index (χ0) is 19.4. The van der Waals surface area contributed by atoms with Crippen molar-refractivity contribution in [3.05, 3.63) is 71.8 Å². The van der Waals surface area contributed by atoms with E-state index in [1.54, 1.807) is 4.90 Å². The Balaban J connectivity index is 1.49. The molecule has 1 unspecified atom stereocenters. The van der Waals surface area contributed by atoms with Crippen molar-refractivity contribution in [3.8, 4) is 0 Å². The van der Waals surface area contributed by atoms with Crippen LogP contribution in [-0.2, 0) is 27.4 Å². The van der Waals surface area contributed by atoms with Crippen LogP contribution in [0.15, 0.2) is 60.7 Å². The Bertz CT molecular complexity index is 686. The van der Waals surface area contributed by atoms with Gasteiger partial charge in [0.25, 0.3) is 0 Å². The maximum atomic E-state index is 12.7. The highest BCUT2D eigenvalue weighted by atomic mass is 16.7. The average molecular weight is 383 g/mol. The normalized spacial score (nSPS) is 16.5. The first-order valence-corrected chi connectivity index (χ1v) is 10.0. The molecule has 0 N–H and O–H groups in total. The summed E-state index contributed by atoms with van der Waals surface area (Å²) in [5.74, 6) is 0. The van der Waals surface area contributed by atoms with Crippen LogP contribution in [0.2, 0.25) is 0 Å². The summed E-state index contributed by atoms with van der Waals surface area (Å²) in [5.41, 5.74) is 2.06. The Morgan fingerprint density at radius 2 is 1.71 bits per heavy atom. The molecule has 0 spiro atoms. The minimum absolute atomic E-state index is 0.0960. The smallest absolute Gasteiger partial charge is 0.410 e. The van der Waals surface area contributed by atoms with Crippen LogP contribution in [-0.4, -0.2) is 37.0 Å². The quantitative estimate of drug-likeness (QED) is 0.586. The van der Waals surface area contributed by atoms with E-state index in [-0.39, 0.29) is 19.0 Å². The van der Waals surface area contributed by atoms with Gasteiger partial charge in [-0.2, -0.15) is 0 Å². The van der Waals surface area contributed by atoms with Crippen LogP contribution in [0.3, 0.4) is 0 Å². The number of nitrogens with zero attached hydrogens (tertiary/aromatic N) is 1. The van der Waals surface area contributed by atoms with Gasteiger partial charge < -0.3 is 19.1 Å². The molecule has 3 rings (SSSR count). The zero-order valence-corrected chi connectivity index (χ0v) is 16.3.